The molecule has 1 saturated heterocycles. The Kier molecular flexibility index (Phi) is 4.04. The van der Waals surface area contributed by atoms with E-state index in [4.69, 9.17) is 4.52 Å². The molecule has 1 amide bonds. The van der Waals surface area contributed by atoms with Crippen LogP contribution in [-0.4, -0.2) is 52.1 Å². The lowest BCUT2D eigenvalue weighted by Gasteiger charge is -2.34. The summed E-state index contributed by atoms with van der Waals surface area (Å²) in [5, 5.41) is 3.89. The third-order valence-corrected chi connectivity index (χ3v) is 3.72. The lowest BCUT2D eigenvalue weighted by molar-refractivity contribution is 0.0735. The fraction of sp³-hybridized carbons (Fsp3) is 0.467. The number of hydrogen-bond acceptors (Lipinski definition) is 6. The van der Waals surface area contributed by atoms with Crippen LogP contribution < -0.4 is 4.90 Å². The Labute approximate surface area is 128 Å². The van der Waals surface area contributed by atoms with E-state index in [1.165, 1.54) is 0 Å². The third-order valence-electron chi connectivity index (χ3n) is 3.72. The molecule has 3 heterocycles. The molecule has 22 heavy (non-hydrogen) atoms. The van der Waals surface area contributed by atoms with Crippen LogP contribution >= 0.6 is 0 Å². The van der Waals surface area contributed by atoms with E-state index in [1.54, 1.807) is 29.4 Å². The minimum Gasteiger partial charge on any atom is -0.360 e. The van der Waals surface area contributed by atoms with E-state index >= 15 is 0 Å². The van der Waals surface area contributed by atoms with E-state index in [1.807, 2.05) is 13.8 Å². The second-order valence-electron chi connectivity index (χ2n) is 5.60. The maximum absolute atomic E-state index is 12.4. The Balaban J connectivity index is 1.62. The minimum absolute atomic E-state index is 0.0794. The molecule has 7 heteroatoms. The predicted molar refractivity (Wildman–Crippen MR) is 80.7 cm³/mol. The first-order chi connectivity index (χ1) is 10.6. The van der Waals surface area contributed by atoms with Gasteiger partial charge in [-0.25, -0.2) is 9.97 Å². The van der Waals surface area contributed by atoms with Crippen LogP contribution in [0.4, 0.5) is 5.95 Å². The third kappa shape index (κ3) is 2.93. The van der Waals surface area contributed by atoms with Crippen LogP contribution in [0.15, 0.2) is 29.0 Å². The summed E-state index contributed by atoms with van der Waals surface area (Å²) < 4.78 is 5.20. The van der Waals surface area contributed by atoms with Gasteiger partial charge in [-0.2, -0.15) is 0 Å². The first-order valence-corrected chi connectivity index (χ1v) is 7.43. The number of nitrogens with zero attached hydrogens (tertiary/aromatic N) is 5. The van der Waals surface area contributed by atoms with Crippen molar-refractivity contribution in [1.82, 2.24) is 20.0 Å². The zero-order valence-corrected chi connectivity index (χ0v) is 12.8. The molecule has 0 radical (unpaired) electrons. The Bertz CT molecular complexity index is 632. The van der Waals surface area contributed by atoms with Crippen molar-refractivity contribution < 1.29 is 9.32 Å². The average Bonchev–Trinajstić information content (AvgIpc) is 3.05. The van der Waals surface area contributed by atoms with Crippen molar-refractivity contribution in [3.63, 3.8) is 0 Å². The second-order valence-corrected chi connectivity index (χ2v) is 5.60. The molecule has 0 aliphatic carbocycles. The number of aromatic nitrogens is 3. The lowest BCUT2D eigenvalue weighted by atomic mass is 10.1. The highest BCUT2D eigenvalue weighted by atomic mass is 16.5. The summed E-state index contributed by atoms with van der Waals surface area (Å²) in [7, 11) is 0. The van der Waals surface area contributed by atoms with Crippen LogP contribution in [0.1, 0.15) is 36.0 Å². The normalized spacial score (nSPS) is 15.4. The number of hydrogen-bond donors (Lipinski definition) is 0. The van der Waals surface area contributed by atoms with Crippen molar-refractivity contribution in [2.24, 2.45) is 0 Å². The van der Waals surface area contributed by atoms with Crippen LogP contribution in [0, 0.1) is 0 Å². The fourth-order valence-corrected chi connectivity index (χ4v) is 2.39. The molecule has 116 valence electrons. The SMILES string of the molecule is CC(C)c1cc(C(=O)N2CCN(c3ncccn3)CC2)no1. The van der Waals surface area contributed by atoms with Gasteiger partial charge in [0.1, 0.15) is 5.76 Å². The first kappa shape index (κ1) is 14.5. The van der Waals surface area contributed by atoms with Crippen LogP contribution in [0.5, 0.6) is 0 Å². The largest absolute Gasteiger partial charge is 0.360 e. The van der Waals surface area contributed by atoms with Gasteiger partial charge in [0.15, 0.2) is 5.69 Å². The molecule has 0 atom stereocenters. The van der Waals surface area contributed by atoms with Crippen LogP contribution in [0.3, 0.4) is 0 Å². The molecule has 7 nitrogen and oxygen atoms in total. The standard InChI is InChI=1S/C15H19N5O2/c1-11(2)13-10-12(18-22-13)14(21)19-6-8-20(9-7-19)15-16-4-3-5-17-15/h3-5,10-11H,6-9H2,1-2H3. The van der Waals surface area contributed by atoms with Gasteiger partial charge in [-0.15, -0.1) is 0 Å². The predicted octanol–water partition coefficient (Wildman–Crippen LogP) is 1.55. The van der Waals surface area contributed by atoms with Crippen molar-refractivity contribution in [3.05, 3.63) is 36.0 Å². The molecule has 1 aliphatic heterocycles. The molecular formula is C15H19N5O2. The van der Waals surface area contributed by atoms with E-state index in [2.05, 4.69) is 20.0 Å². The number of carbonyl (C=O) groups is 1. The van der Waals surface area contributed by atoms with Gasteiger partial charge in [0.2, 0.25) is 5.95 Å². The van der Waals surface area contributed by atoms with Gasteiger partial charge < -0.3 is 14.3 Å². The average molecular weight is 301 g/mol. The maximum atomic E-state index is 12.4. The fourth-order valence-electron chi connectivity index (χ4n) is 2.39. The molecule has 0 bridgehead atoms. The van der Waals surface area contributed by atoms with Crippen molar-refractivity contribution in [2.45, 2.75) is 19.8 Å². The highest BCUT2D eigenvalue weighted by Crippen LogP contribution is 2.17. The highest BCUT2D eigenvalue weighted by molar-refractivity contribution is 5.92. The molecular weight excluding hydrogens is 282 g/mol. The summed E-state index contributed by atoms with van der Waals surface area (Å²) in [6, 6.07) is 3.53. The van der Waals surface area contributed by atoms with Crippen molar-refractivity contribution in [2.75, 3.05) is 31.1 Å². The van der Waals surface area contributed by atoms with Crippen LogP contribution in [0.25, 0.3) is 0 Å². The van der Waals surface area contributed by atoms with Gasteiger partial charge in [0.05, 0.1) is 0 Å². The minimum atomic E-state index is -0.0794. The van der Waals surface area contributed by atoms with E-state index in [-0.39, 0.29) is 11.8 Å². The zero-order chi connectivity index (χ0) is 15.5. The summed E-state index contributed by atoms with van der Waals surface area (Å²) in [4.78, 5) is 24.8. The Morgan fingerprint density at radius 3 is 2.45 bits per heavy atom. The van der Waals surface area contributed by atoms with Gasteiger partial charge in [-0.05, 0) is 6.07 Å². The molecule has 1 fully saturated rings. The molecule has 3 rings (SSSR count). The molecule has 0 aromatic carbocycles. The Morgan fingerprint density at radius 1 is 1.18 bits per heavy atom. The molecule has 1 aliphatic rings. The smallest absolute Gasteiger partial charge is 0.276 e. The van der Waals surface area contributed by atoms with Crippen molar-refractivity contribution in [3.8, 4) is 0 Å². The topological polar surface area (TPSA) is 75.4 Å². The Hall–Kier alpha value is -2.44. The summed E-state index contributed by atoms with van der Waals surface area (Å²) in [6.07, 6.45) is 3.45. The molecule has 0 N–H and O–H groups in total. The van der Waals surface area contributed by atoms with Crippen molar-refractivity contribution in [1.29, 1.82) is 0 Å². The first-order valence-electron chi connectivity index (χ1n) is 7.43. The molecule has 2 aromatic heterocycles. The van der Waals surface area contributed by atoms with Gasteiger partial charge in [0, 0.05) is 50.6 Å². The van der Waals surface area contributed by atoms with Gasteiger partial charge >= 0.3 is 0 Å². The number of piperazine rings is 1. The second kappa shape index (κ2) is 6.13. The van der Waals surface area contributed by atoms with E-state index in [9.17, 15) is 4.79 Å². The van der Waals surface area contributed by atoms with Gasteiger partial charge in [0.25, 0.3) is 5.91 Å². The van der Waals surface area contributed by atoms with E-state index in [0.29, 0.717) is 37.8 Å². The summed E-state index contributed by atoms with van der Waals surface area (Å²) in [6.45, 7) is 6.69. The number of amides is 1. The molecule has 0 saturated carbocycles. The summed E-state index contributed by atoms with van der Waals surface area (Å²) >= 11 is 0. The maximum Gasteiger partial charge on any atom is 0.276 e. The Morgan fingerprint density at radius 2 is 1.86 bits per heavy atom. The lowest BCUT2D eigenvalue weighted by Crippen LogP contribution is -2.49. The quantitative estimate of drug-likeness (QED) is 0.856. The van der Waals surface area contributed by atoms with Crippen LogP contribution in [-0.2, 0) is 0 Å². The molecule has 0 unspecified atom stereocenters. The summed E-state index contributed by atoms with van der Waals surface area (Å²) in [5.74, 6) is 1.59. The zero-order valence-electron chi connectivity index (χ0n) is 12.8. The number of anilines is 1. The van der Waals surface area contributed by atoms with Gasteiger partial charge in [-0.1, -0.05) is 19.0 Å². The van der Waals surface area contributed by atoms with E-state index in [0.717, 1.165) is 5.76 Å². The molecule has 2 aromatic rings. The monoisotopic (exact) mass is 301 g/mol. The summed E-state index contributed by atoms with van der Waals surface area (Å²) in [5.41, 5.74) is 0.383. The van der Waals surface area contributed by atoms with Crippen LogP contribution in [0.2, 0.25) is 0 Å². The van der Waals surface area contributed by atoms with Gasteiger partial charge in [-0.3, -0.25) is 4.79 Å². The number of rotatable bonds is 3. The highest BCUT2D eigenvalue weighted by Gasteiger charge is 2.25. The number of carbonyl (C=O) groups excluding carboxylic acids is 1. The molecule has 0 spiro atoms. The van der Waals surface area contributed by atoms with Crippen molar-refractivity contribution >= 4 is 11.9 Å². The van der Waals surface area contributed by atoms with E-state index < -0.39 is 0 Å².